The molecule has 0 aliphatic carbocycles. The van der Waals surface area contributed by atoms with Crippen molar-refractivity contribution in [3.63, 3.8) is 0 Å². The van der Waals surface area contributed by atoms with E-state index in [1.165, 1.54) is 0 Å². The number of benzene rings is 3. The van der Waals surface area contributed by atoms with Crippen molar-refractivity contribution in [2.45, 2.75) is 32.1 Å². The first-order valence-electron chi connectivity index (χ1n) is 16.4. The number of carbonyl (C=O) groups is 2. The number of rotatable bonds is 17. The molecule has 12 nitrogen and oxygen atoms in total. The maximum Gasteiger partial charge on any atom is 0.229 e. The number of amides is 2. The first-order valence-corrected chi connectivity index (χ1v) is 16.4. The van der Waals surface area contributed by atoms with Crippen molar-refractivity contribution in [1.82, 2.24) is 14.9 Å². The Morgan fingerprint density at radius 1 is 0.939 bits per heavy atom. The van der Waals surface area contributed by atoms with Crippen molar-refractivity contribution < 1.29 is 23.5 Å². The standard InChI is InChI=1S/C36H43FN8O4/c1-48-20-21-49-29-15-13-26(14-16-29)42-36-39-23-30(37)34(44-36)40-27-8-7-9-28(22-27)41-35(47)25-17-19-45(24-25)18-6-2-3-12-33(46)43-32-11-5-4-10-31(32)38/h4-5,7-11,13-16,22-23,25H,2-3,6,12,17-21,24,38H2,1H3,(H,41,47)(H,43,46)(H2,39,40,42,44). The van der Waals surface area contributed by atoms with Crippen molar-refractivity contribution in [3.05, 3.63) is 84.8 Å². The Morgan fingerprint density at radius 2 is 1.76 bits per heavy atom. The van der Waals surface area contributed by atoms with Crippen molar-refractivity contribution in [3.8, 4) is 5.75 Å². The van der Waals surface area contributed by atoms with Crippen LogP contribution in [0.5, 0.6) is 5.75 Å². The molecule has 1 saturated heterocycles. The number of nitrogen functional groups attached to an aromatic ring is 1. The second-order valence-corrected chi connectivity index (χ2v) is 11.8. The lowest BCUT2D eigenvalue weighted by atomic mass is 10.1. The SMILES string of the molecule is COCCOc1ccc(Nc2ncc(F)c(Nc3cccc(NC(=O)C4CCN(CCCCCC(=O)Nc5ccccc5N)C4)c3)n2)cc1. The lowest BCUT2D eigenvalue weighted by Gasteiger charge is -2.16. The van der Waals surface area contributed by atoms with Crippen LogP contribution in [-0.2, 0) is 14.3 Å². The second kappa shape index (κ2) is 17.8. The molecule has 258 valence electrons. The molecule has 5 rings (SSSR count). The smallest absolute Gasteiger partial charge is 0.229 e. The average Bonchev–Trinajstić information content (AvgIpc) is 3.58. The van der Waals surface area contributed by atoms with Gasteiger partial charge in [0.25, 0.3) is 0 Å². The molecule has 1 unspecified atom stereocenters. The van der Waals surface area contributed by atoms with E-state index < -0.39 is 5.82 Å². The molecule has 0 radical (unpaired) electrons. The van der Waals surface area contributed by atoms with Crippen LogP contribution in [0.3, 0.4) is 0 Å². The topological polar surface area (TPSA) is 156 Å². The number of carbonyl (C=O) groups excluding carboxylic acids is 2. The van der Waals surface area contributed by atoms with Gasteiger partial charge in [0, 0.05) is 37.1 Å². The zero-order valence-corrected chi connectivity index (χ0v) is 27.6. The Bertz CT molecular complexity index is 1690. The van der Waals surface area contributed by atoms with Crippen LogP contribution in [-0.4, -0.2) is 66.6 Å². The highest BCUT2D eigenvalue weighted by molar-refractivity contribution is 5.94. The van der Waals surface area contributed by atoms with E-state index in [9.17, 15) is 14.0 Å². The van der Waals surface area contributed by atoms with Crippen molar-refractivity contribution >= 4 is 52.0 Å². The van der Waals surface area contributed by atoms with Crippen LogP contribution in [0, 0.1) is 11.7 Å². The predicted octanol–water partition coefficient (Wildman–Crippen LogP) is 6.17. The van der Waals surface area contributed by atoms with Crippen LogP contribution >= 0.6 is 0 Å². The summed E-state index contributed by atoms with van der Waals surface area (Å²) >= 11 is 0. The number of halogens is 1. The summed E-state index contributed by atoms with van der Waals surface area (Å²) in [5.41, 5.74) is 8.96. The van der Waals surface area contributed by atoms with Gasteiger partial charge in [0.2, 0.25) is 17.8 Å². The molecular formula is C36H43FN8O4. The highest BCUT2D eigenvalue weighted by atomic mass is 19.1. The molecule has 13 heteroatoms. The summed E-state index contributed by atoms with van der Waals surface area (Å²) in [7, 11) is 1.61. The molecule has 2 amide bonds. The number of anilines is 7. The van der Waals surface area contributed by atoms with Crippen molar-refractivity contribution in [1.29, 1.82) is 0 Å². The molecule has 3 aromatic carbocycles. The number of methoxy groups -OCH3 is 1. The van der Waals surface area contributed by atoms with Gasteiger partial charge in [-0.1, -0.05) is 24.6 Å². The summed E-state index contributed by atoms with van der Waals surface area (Å²) in [6.45, 7) is 3.35. The van der Waals surface area contributed by atoms with Gasteiger partial charge in [-0.25, -0.2) is 9.37 Å². The Hall–Kier alpha value is -5.27. The minimum absolute atomic E-state index is 0.00606. The van der Waals surface area contributed by atoms with E-state index >= 15 is 0 Å². The maximum atomic E-state index is 14.7. The first-order chi connectivity index (χ1) is 23.9. The van der Waals surface area contributed by atoms with Crippen LogP contribution in [0.1, 0.15) is 32.1 Å². The van der Waals surface area contributed by atoms with E-state index in [4.69, 9.17) is 15.2 Å². The first kappa shape index (κ1) is 35.0. The maximum absolute atomic E-state index is 14.7. The molecular weight excluding hydrogens is 627 g/mol. The second-order valence-electron chi connectivity index (χ2n) is 11.8. The fraction of sp³-hybridized carbons (Fsp3) is 0.333. The van der Waals surface area contributed by atoms with Crippen LogP contribution in [0.2, 0.25) is 0 Å². The molecule has 1 fully saturated rings. The number of hydrogen-bond donors (Lipinski definition) is 5. The summed E-state index contributed by atoms with van der Waals surface area (Å²) in [4.78, 5) is 36.0. The fourth-order valence-electron chi connectivity index (χ4n) is 5.45. The molecule has 1 aliphatic heterocycles. The number of ether oxygens (including phenoxy) is 2. The number of nitrogens with zero attached hydrogens (tertiary/aromatic N) is 3. The van der Waals surface area contributed by atoms with Gasteiger partial charge in [-0.15, -0.1) is 0 Å². The van der Waals surface area contributed by atoms with Crippen LogP contribution in [0.15, 0.2) is 79.0 Å². The van der Waals surface area contributed by atoms with Gasteiger partial charge in [-0.3, -0.25) is 9.59 Å². The number of aromatic nitrogens is 2. The minimum Gasteiger partial charge on any atom is -0.491 e. The highest BCUT2D eigenvalue weighted by Gasteiger charge is 2.28. The zero-order chi connectivity index (χ0) is 34.4. The molecule has 49 heavy (non-hydrogen) atoms. The zero-order valence-electron chi connectivity index (χ0n) is 27.6. The summed E-state index contributed by atoms with van der Waals surface area (Å²) in [6, 6.07) is 21.5. The van der Waals surface area contributed by atoms with E-state index in [0.29, 0.717) is 60.4 Å². The Balaban J connectivity index is 1.04. The van der Waals surface area contributed by atoms with Crippen LogP contribution < -0.4 is 31.7 Å². The summed E-state index contributed by atoms with van der Waals surface area (Å²) < 4.78 is 25.2. The fourth-order valence-corrected chi connectivity index (χ4v) is 5.45. The average molecular weight is 671 g/mol. The molecule has 0 saturated carbocycles. The number of nitrogens with two attached hydrogens (primary N) is 1. The number of para-hydroxylation sites is 2. The van der Waals surface area contributed by atoms with Gasteiger partial charge in [0.15, 0.2) is 11.6 Å². The van der Waals surface area contributed by atoms with Crippen molar-refractivity contribution in [2.75, 3.05) is 67.0 Å². The molecule has 0 spiro atoms. The van der Waals surface area contributed by atoms with E-state index in [-0.39, 0.29) is 29.5 Å². The molecule has 0 bridgehead atoms. The van der Waals surface area contributed by atoms with Gasteiger partial charge < -0.3 is 41.4 Å². The lowest BCUT2D eigenvalue weighted by Crippen LogP contribution is -2.27. The van der Waals surface area contributed by atoms with Gasteiger partial charge in [0.05, 0.1) is 30.1 Å². The molecule has 1 aliphatic rings. The predicted molar refractivity (Wildman–Crippen MR) is 190 cm³/mol. The highest BCUT2D eigenvalue weighted by Crippen LogP contribution is 2.25. The van der Waals surface area contributed by atoms with Crippen LogP contribution in [0.4, 0.5) is 44.6 Å². The van der Waals surface area contributed by atoms with Crippen LogP contribution in [0.25, 0.3) is 0 Å². The third-order valence-corrected chi connectivity index (χ3v) is 8.06. The van der Waals surface area contributed by atoms with E-state index in [1.807, 2.05) is 24.3 Å². The largest absolute Gasteiger partial charge is 0.491 e. The monoisotopic (exact) mass is 670 g/mol. The van der Waals surface area contributed by atoms with Crippen molar-refractivity contribution in [2.24, 2.45) is 5.92 Å². The molecule has 4 aromatic rings. The van der Waals surface area contributed by atoms with Gasteiger partial charge in [-0.2, -0.15) is 4.98 Å². The normalized spacial score (nSPS) is 14.3. The lowest BCUT2D eigenvalue weighted by molar-refractivity contribution is -0.119. The third-order valence-electron chi connectivity index (χ3n) is 8.06. The number of likely N-dealkylation sites (tertiary alicyclic amines) is 1. The quantitative estimate of drug-likeness (QED) is 0.0651. The molecule has 6 N–H and O–H groups in total. The number of hydrogen-bond acceptors (Lipinski definition) is 10. The van der Waals surface area contributed by atoms with Gasteiger partial charge >= 0.3 is 0 Å². The number of unbranched alkanes of at least 4 members (excludes halogenated alkanes) is 2. The van der Waals surface area contributed by atoms with E-state index in [1.54, 1.807) is 55.6 Å². The summed E-state index contributed by atoms with van der Waals surface area (Å²) in [5.74, 6) is 0.0716. The Kier molecular flexibility index (Phi) is 12.7. The Labute approximate surface area is 285 Å². The minimum atomic E-state index is -0.617. The third kappa shape index (κ3) is 10.9. The van der Waals surface area contributed by atoms with Gasteiger partial charge in [0.1, 0.15) is 12.4 Å². The van der Waals surface area contributed by atoms with Gasteiger partial charge in [-0.05, 0) is 86.9 Å². The van der Waals surface area contributed by atoms with E-state index in [0.717, 1.165) is 45.0 Å². The summed E-state index contributed by atoms with van der Waals surface area (Å²) in [5, 5.41) is 11.9. The summed E-state index contributed by atoms with van der Waals surface area (Å²) in [6.07, 6.45) is 4.98. The number of nitrogens with one attached hydrogen (secondary N) is 4. The molecule has 2 heterocycles. The molecule has 1 aromatic heterocycles. The Morgan fingerprint density at radius 3 is 2.57 bits per heavy atom. The molecule has 1 atom stereocenters. The van der Waals surface area contributed by atoms with E-state index in [2.05, 4.69) is 36.1 Å².